The first kappa shape index (κ1) is 12.6. The first-order chi connectivity index (χ1) is 7.37. The van der Waals surface area contributed by atoms with E-state index >= 15 is 0 Å². The molecule has 4 nitrogen and oxygen atoms in total. The number of nitrogens with one attached hydrogen (secondary N) is 1. The molecule has 0 aliphatic rings. The maximum atomic E-state index is 11.8. The van der Waals surface area contributed by atoms with Gasteiger partial charge in [-0.3, -0.25) is 0 Å². The lowest BCUT2D eigenvalue weighted by Gasteiger charge is -2.19. The van der Waals surface area contributed by atoms with Gasteiger partial charge in [-0.15, -0.1) is 0 Å². The highest BCUT2D eigenvalue weighted by molar-refractivity contribution is 5.37. The lowest BCUT2D eigenvalue weighted by molar-refractivity contribution is -0.0500. The molecule has 0 saturated carbocycles. The number of ether oxygens (including phenoxy) is 1. The standard InChI is InChI=1S/C10H15F2N3O/c1-10(2,13)6-15-8-4-3-7(5-14-8)16-9(11)12/h3-5,9H,6,13H2,1-2H3,(H,14,15). The first-order valence-corrected chi connectivity index (χ1v) is 4.80. The number of hydrogen-bond donors (Lipinski definition) is 2. The molecule has 3 N–H and O–H groups in total. The fraction of sp³-hybridized carbons (Fsp3) is 0.500. The van der Waals surface area contributed by atoms with E-state index in [9.17, 15) is 8.78 Å². The second-order valence-corrected chi connectivity index (χ2v) is 4.10. The quantitative estimate of drug-likeness (QED) is 0.811. The van der Waals surface area contributed by atoms with Crippen LogP contribution in [0.4, 0.5) is 14.6 Å². The number of pyridine rings is 1. The normalized spacial score (nSPS) is 11.6. The Morgan fingerprint density at radius 3 is 2.62 bits per heavy atom. The zero-order valence-electron chi connectivity index (χ0n) is 9.21. The molecule has 0 bridgehead atoms. The Labute approximate surface area is 92.8 Å². The lowest BCUT2D eigenvalue weighted by Crippen LogP contribution is -2.39. The minimum atomic E-state index is -2.83. The van der Waals surface area contributed by atoms with Gasteiger partial charge in [-0.25, -0.2) is 4.98 Å². The van der Waals surface area contributed by atoms with Crippen molar-refractivity contribution in [3.63, 3.8) is 0 Å². The highest BCUT2D eigenvalue weighted by Crippen LogP contribution is 2.14. The maximum Gasteiger partial charge on any atom is 0.387 e. The van der Waals surface area contributed by atoms with Gasteiger partial charge in [0.15, 0.2) is 0 Å². The van der Waals surface area contributed by atoms with Crippen molar-refractivity contribution in [3.8, 4) is 5.75 Å². The van der Waals surface area contributed by atoms with E-state index in [1.165, 1.54) is 12.3 Å². The number of rotatable bonds is 5. The minimum absolute atomic E-state index is 0.0348. The van der Waals surface area contributed by atoms with Gasteiger partial charge in [0.05, 0.1) is 6.20 Å². The van der Waals surface area contributed by atoms with Crippen LogP contribution >= 0.6 is 0 Å². The van der Waals surface area contributed by atoms with Gasteiger partial charge in [0.25, 0.3) is 0 Å². The van der Waals surface area contributed by atoms with Gasteiger partial charge in [0, 0.05) is 12.1 Å². The first-order valence-electron chi connectivity index (χ1n) is 4.80. The van der Waals surface area contributed by atoms with E-state index in [4.69, 9.17) is 5.73 Å². The largest absolute Gasteiger partial charge is 0.433 e. The van der Waals surface area contributed by atoms with Crippen molar-refractivity contribution in [3.05, 3.63) is 18.3 Å². The van der Waals surface area contributed by atoms with Crippen LogP contribution in [-0.2, 0) is 0 Å². The van der Waals surface area contributed by atoms with Gasteiger partial charge in [0.1, 0.15) is 11.6 Å². The van der Waals surface area contributed by atoms with Crippen LogP contribution in [0.5, 0.6) is 5.75 Å². The molecule has 6 heteroatoms. The fourth-order valence-corrected chi connectivity index (χ4v) is 0.976. The van der Waals surface area contributed by atoms with E-state index in [1.54, 1.807) is 6.07 Å². The number of halogens is 2. The van der Waals surface area contributed by atoms with Crippen LogP contribution in [0.3, 0.4) is 0 Å². The van der Waals surface area contributed by atoms with E-state index < -0.39 is 6.61 Å². The smallest absolute Gasteiger partial charge is 0.387 e. The Morgan fingerprint density at radius 1 is 1.50 bits per heavy atom. The van der Waals surface area contributed by atoms with Gasteiger partial charge in [-0.1, -0.05) is 0 Å². The van der Waals surface area contributed by atoms with E-state index in [0.717, 1.165) is 0 Å². The Kier molecular flexibility index (Phi) is 4.00. The fourth-order valence-electron chi connectivity index (χ4n) is 0.976. The number of nitrogens with zero attached hydrogens (tertiary/aromatic N) is 1. The minimum Gasteiger partial charge on any atom is -0.433 e. The van der Waals surface area contributed by atoms with Crippen LogP contribution in [-0.4, -0.2) is 23.7 Å². The van der Waals surface area contributed by atoms with Gasteiger partial charge in [0.2, 0.25) is 0 Å². The summed E-state index contributed by atoms with van der Waals surface area (Å²) in [5.74, 6) is 0.604. The Balaban J connectivity index is 2.51. The highest BCUT2D eigenvalue weighted by Gasteiger charge is 2.10. The molecule has 0 amide bonds. The third-order valence-corrected chi connectivity index (χ3v) is 1.69. The SMILES string of the molecule is CC(C)(N)CNc1ccc(OC(F)F)cn1. The molecule has 0 saturated heterocycles. The molecular formula is C10H15F2N3O. The maximum absolute atomic E-state index is 11.8. The summed E-state index contributed by atoms with van der Waals surface area (Å²) in [6.45, 7) is 1.45. The number of alkyl halides is 2. The Hall–Kier alpha value is -1.43. The molecule has 0 spiro atoms. The molecule has 1 rings (SSSR count). The zero-order chi connectivity index (χ0) is 12.2. The van der Waals surface area contributed by atoms with Crippen LogP contribution < -0.4 is 15.8 Å². The van der Waals surface area contributed by atoms with Gasteiger partial charge >= 0.3 is 6.61 Å². The highest BCUT2D eigenvalue weighted by atomic mass is 19.3. The van der Waals surface area contributed by atoms with Crippen molar-refractivity contribution in [2.45, 2.75) is 26.0 Å². The van der Waals surface area contributed by atoms with Crippen LogP contribution in [0.2, 0.25) is 0 Å². The van der Waals surface area contributed by atoms with Crippen molar-refractivity contribution >= 4 is 5.82 Å². The Bertz CT molecular complexity index is 322. The number of nitrogens with two attached hydrogens (primary N) is 1. The summed E-state index contributed by atoms with van der Waals surface area (Å²) in [5.41, 5.74) is 5.40. The molecule has 0 fully saturated rings. The predicted octanol–water partition coefficient (Wildman–Crippen LogP) is 1.83. The summed E-state index contributed by atoms with van der Waals surface area (Å²) in [5, 5.41) is 2.99. The summed E-state index contributed by atoms with van der Waals surface area (Å²) < 4.78 is 27.9. The van der Waals surface area contributed by atoms with Crippen molar-refractivity contribution in [2.24, 2.45) is 5.73 Å². The predicted molar refractivity (Wildman–Crippen MR) is 57.6 cm³/mol. The molecule has 0 aromatic carbocycles. The zero-order valence-corrected chi connectivity index (χ0v) is 9.21. The van der Waals surface area contributed by atoms with Crippen LogP contribution in [0.15, 0.2) is 18.3 Å². The average molecular weight is 231 g/mol. The molecule has 0 atom stereocenters. The van der Waals surface area contributed by atoms with E-state index in [-0.39, 0.29) is 11.3 Å². The van der Waals surface area contributed by atoms with E-state index in [1.807, 2.05) is 13.8 Å². The number of aromatic nitrogens is 1. The molecule has 0 aliphatic carbocycles. The molecule has 0 aliphatic heterocycles. The molecule has 1 aromatic rings. The van der Waals surface area contributed by atoms with Crippen LogP contribution in [0.1, 0.15) is 13.8 Å². The summed E-state index contributed by atoms with van der Waals surface area (Å²) >= 11 is 0. The van der Waals surface area contributed by atoms with Crippen LogP contribution in [0.25, 0.3) is 0 Å². The van der Waals surface area contributed by atoms with Gasteiger partial charge in [-0.2, -0.15) is 8.78 Å². The van der Waals surface area contributed by atoms with Crippen molar-refractivity contribution in [1.82, 2.24) is 4.98 Å². The summed E-state index contributed by atoms with van der Waals surface area (Å²) in [7, 11) is 0. The van der Waals surface area contributed by atoms with E-state index in [0.29, 0.717) is 12.4 Å². The second-order valence-electron chi connectivity index (χ2n) is 4.10. The lowest BCUT2D eigenvalue weighted by atomic mass is 10.1. The second kappa shape index (κ2) is 5.07. The third kappa shape index (κ3) is 4.88. The van der Waals surface area contributed by atoms with Crippen LogP contribution in [0, 0.1) is 0 Å². The molecule has 1 heterocycles. The average Bonchev–Trinajstić information content (AvgIpc) is 2.14. The summed E-state index contributed by atoms with van der Waals surface area (Å²) in [4.78, 5) is 3.91. The van der Waals surface area contributed by atoms with Crippen molar-refractivity contribution in [1.29, 1.82) is 0 Å². The number of hydrogen-bond acceptors (Lipinski definition) is 4. The topological polar surface area (TPSA) is 60.2 Å². The molecular weight excluding hydrogens is 216 g/mol. The molecule has 0 unspecified atom stereocenters. The summed E-state index contributed by atoms with van der Waals surface area (Å²) in [6.07, 6.45) is 1.23. The number of anilines is 1. The third-order valence-electron chi connectivity index (χ3n) is 1.69. The Morgan fingerprint density at radius 2 is 2.19 bits per heavy atom. The molecule has 90 valence electrons. The van der Waals surface area contributed by atoms with Gasteiger partial charge < -0.3 is 15.8 Å². The monoisotopic (exact) mass is 231 g/mol. The van der Waals surface area contributed by atoms with Crippen molar-refractivity contribution in [2.75, 3.05) is 11.9 Å². The molecule has 16 heavy (non-hydrogen) atoms. The van der Waals surface area contributed by atoms with Crippen molar-refractivity contribution < 1.29 is 13.5 Å². The summed E-state index contributed by atoms with van der Waals surface area (Å²) in [6, 6.07) is 2.98. The van der Waals surface area contributed by atoms with E-state index in [2.05, 4.69) is 15.0 Å². The van der Waals surface area contributed by atoms with Gasteiger partial charge in [-0.05, 0) is 26.0 Å². The molecule has 1 aromatic heterocycles. The molecule has 0 radical (unpaired) electrons.